The summed E-state index contributed by atoms with van der Waals surface area (Å²) in [6, 6.07) is 12.9. The summed E-state index contributed by atoms with van der Waals surface area (Å²) in [5, 5.41) is 7.56. The van der Waals surface area contributed by atoms with Crippen LogP contribution in [-0.4, -0.2) is 43.9 Å². The number of carbonyl (C=O) groups is 4. The van der Waals surface area contributed by atoms with E-state index in [0.717, 1.165) is 4.47 Å². The third kappa shape index (κ3) is 6.51. The van der Waals surface area contributed by atoms with E-state index in [9.17, 15) is 19.2 Å². The van der Waals surface area contributed by atoms with E-state index in [2.05, 4.69) is 36.6 Å². The van der Waals surface area contributed by atoms with E-state index in [1.807, 2.05) is 0 Å². The highest BCUT2D eigenvalue weighted by Gasteiger charge is 2.10. The van der Waals surface area contributed by atoms with Gasteiger partial charge in [-0.25, -0.2) is 0 Å². The number of hydrogen-bond donors (Lipinski definition) is 3. The molecule has 0 atom stereocenters. The maximum Gasteiger partial charge on any atom is 0.325 e. The monoisotopic (exact) mass is 447 g/mol. The molecule has 0 heterocycles. The minimum atomic E-state index is -0.554. The van der Waals surface area contributed by atoms with E-state index in [1.54, 1.807) is 36.4 Å². The smallest absolute Gasteiger partial charge is 0.325 e. The molecule has 3 N–H and O–H groups in total. The Morgan fingerprint density at radius 2 is 1.54 bits per heavy atom. The maximum absolute atomic E-state index is 12.0. The van der Waals surface area contributed by atoms with Gasteiger partial charge in [0.05, 0.1) is 13.7 Å². The van der Waals surface area contributed by atoms with E-state index < -0.39 is 17.8 Å². The zero-order chi connectivity index (χ0) is 20.5. The van der Waals surface area contributed by atoms with Crippen LogP contribution in [0.15, 0.2) is 53.0 Å². The van der Waals surface area contributed by atoms with Gasteiger partial charge in [0, 0.05) is 21.3 Å². The summed E-state index contributed by atoms with van der Waals surface area (Å²) < 4.78 is 5.20. The zero-order valence-electron chi connectivity index (χ0n) is 15.0. The molecule has 0 saturated carbocycles. The number of rotatable bonds is 7. The summed E-state index contributed by atoms with van der Waals surface area (Å²) in [6.45, 7) is -0.432. The molecular formula is C19H18BrN3O5. The number of benzene rings is 2. The van der Waals surface area contributed by atoms with Gasteiger partial charge in [-0.15, -0.1) is 0 Å². The fourth-order valence-corrected chi connectivity index (χ4v) is 2.53. The van der Waals surface area contributed by atoms with Gasteiger partial charge in [0.25, 0.3) is 11.8 Å². The number of esters is 1. The fourth-order valence-electron chi connectivity index (χ4n) is 2.13. The van der Waals surface area contributed by atoms with Crippen LogP contribution in [0.4, 0.5) is 5.69 Å². The van der Waals surface area contributed by atoms with Crippen LogP contribution < -0.4 is 16.0 Å². The molecule has 0 aliphatic heterocycles. The predicted octanol–water partition coefficient (Wildman–Crippen LogP) is 1.72. The van der Waals surface area contributed by atoms with Gasteiger partial charge in [0.1, 0.15) is 6.54 Å². The normalized spacial score (nSPS) is 9.93. The average Bonchev–Trinajstić information content (AvgIpc) is 2.70. The predicted molar refractivity (Wildman–Crippen MR) is 106 cm³/mol. The van der Waals surface area contributed by atoms with Gasteiger partial charge in [0.15, 0.2) is 0 Å². The second-order valence-electron chi connectivity index (χ2n) is 5.58. The van der Waals surface area contributed by atoms with Crippen LogP contribution in [-0.2, 0) is 14.3 Å². The Labute approximate surface area is 169 Å². The van der Waals surface area contributed by atoms with Gasteiger partial charge in [-0.1, -0.05) is 22.0 Å². The average molecular weight is 448 g/mol. The number of halogens is 1. The SMILES string of the molecule is COC(=O)CNC(=O)c1ccc(NC(=O)CNC(=O)c2cccc(Br)c2)cc1. The van der Waals surface area contributed by atoms with Gasteiger partial charge in [-0.3, -0.25) is 19.2 Å². The van der Waals surface area contributed by atoms with Gasteiger partial charge >= 0.3 is 5.97 Å². The van der Waals surface area contributed by atoms with E-state index in [0.29, 0.717) is 16.8 Å². The summed E-state index contributed by atoms with van der Waals surface area (Å²) in [5.74, 6) is -1.77. The molecule has 28 heavy (non-hydrogen) atoms. The Morgan fingerprint density at radius 3 is 2.18 bits per heavy atom. The molecule has 0 saturated heterocycles. The van der Waals surface area contributed by atoms with Gasteiger partial charge in [-0.2, -0.15) is 0 Å². The lowest BCUT2D eigenvalue weighted by Crippen LogP contribution is -2.32. The first kappa shape index (κ1) is 21.1. The van der Waals surface area contributed by atoms with Gasteiger partial charge in [0.2, 0.25) is 5.91 Å². The van der Waals surface area contributed by atoms with Crippen molar-refractivity contribution in [3.05, 3.63) is 64.1 Å². The molecule has 2 rings (SSSR count). The highest BCUT2D eigenvalue weighted by molar-refractivity contribution is 9.10. The van der Waals surface area contributed by atoms with Crippen LogP contribution in [0.1, 0.15) is 20.7 Å². The van der Waals surface area contributed by atoms with Crippen molar-refractivity contribution in [2.24, 2.45) is 0 Å². The summed E-state index contributed by atoms with van der Waals surface area (Å²) in [4.78, 5) is 46.9. The number of ether oxygens (including phenoxy) is 1. The van der Waals surface area contributed by atoms with Crippen LogP contribution in [0.5, 0.6) is 0 Å². The number of carbonyl (C=O) groups excluding carboxylic acids is 4. The highest BCUT2D eigenvalue weighted by atomic mass is 79.9. The van der Waals surface area contributed by atoms with Crippen molar-refractivity contribution in [1.82, 2.24) is 10.6 Å². The van der Waals surface area contributed by atoms with Gasteiger partial charge in [-0.05, 0) is 42.5 Å². The van der Waals surface area contributed by atoms with Crippen LogP contribution in [0, 0.1) is 0 Å². The topological polar surface area (TPSA) is 114 Å². The molecule has 2 aromatic rings. The Balaban J connectivity index is 1.83. The number of hydrogen-bond acceptors (Lipinski definition) is 5. The largest absolute Gasteiger partial charge is 0.468 e. The van der Waals surface area contributed by atoms with Crippen molar-refractivity contribution in [3.8, 4) is 0 Å². The van der Waals surface area contributed by atoms with E-state index in [1.165, 1.54) is 19.2 Å². The Bertz CT molecular complexity index is 883. The quantitative estimate of drug-likeness (QED) is 0.559. The number of methoxy groups -OCH3 is 1. The first-order valence-electron chi connectivity index (χ1n) is 8.17. The number of amides is 3. The Kier molecular flexibility index (Phi) is 7.70. The van der Waals surface area contributed by atoms with Crippen LogP contribution in [0.25, 0.3) is 0 Å². The minimum absolute atomic E-state index is 0.202. The molecule has 0 bridgehead atoms. The molecule has 0 aromatic heterocycles. The standard InChI is InChI=1S/C19H18BrN3O5/c1-28-17(25)11-22-18(26)12-5-7-15(8-6-12)23-16(24)10-21-19(27)13-3-2-4-14(20)9-13/h2-9H,10-11H2,1H3,(H,21,27)(H,22,26)(H,23,24). The second kappa shape index (κ2) is 10.2. The number of nitrogens with one attached hydrogen (secondary N) is 3. The summed E-state index contributed by atoms with van der Waals surface area (Å²) in [6.07, 6.45) is 0. The molecule has 146 valence electrons. The molecule has 2 aromatic carbocycles. The zero-order valence-corrected chi connectivity index (χ0v) is 16.5. The van der Waals surface area contributed by atoms with Crippen LogP contribution >= 0.6 is 15.9 Å². The molecule has 0 fully saturated rings. The third-order valence-electron chi connectivity index (χ3n) is 3.55. The number of anilines is 1. The van der Waals surface area contributed by atoms with Crippen molar-refractivity contribution >= 4 is 45.3 Å². The molecular weight excluding hydrogens is 430 g/mol. The molecule has 3 amide bonds. The first-order chi connectivity index (χ1) is 13.4. The molecule has 8 nitrogen and oxygen atoms in total. The minimum Gasteiger partial charge on any atom is -0.468 e. The Morgan fingerprint density at radius 1 is 0.893 bits per heavy atom. The summed E-state index contributed by atoms with van der Waals surface area (Å²) in [7, 11) is 1.23. The molecule has 0 radical (unpaired) electrons. The maximum atomic E-state index is 12.0. The van der Waals surface area contributed by atoms with Crippen molar-refractivity contribution in [2.75, 3.05) is 25.5 Å². The van der Waals surface area contributed by atoms with E-state index >= 15 is 0 Å². The molecule has 0 spiro atoms. The Hall–Kier alpha value is -3.20. The third-order valence-corrected chi connectivity index (χ3v) is 4.04. The van der Waals surface area contributed by atoms with Crippen molar-refractivity contribution in [2.45, 2.75) is 0 Å². The second-order valence-corrected chi connectivity index (χ2v) is 6.49. The van der Waals surface area contributed by atoms with Gasteiger partial charge < -0.3 is 20.7 Å². The van der Waals surface area contributed by atoms with E-state index in [-0.39, 0.29) is 19.0 Å². The van der Waals surface area contributed by atoms with Crippen LogP contribution in [0.2, 0.25) is 0 Å². The molecule has 0 unspecified atom stereocenters. The van der Waals surface area contributed by atoms with Crippen LogP contribution in [0.3, 0.4) is 0 Å². The first-order valence-corrected chi connectivity index (χ1v) is 8.97. The van der Waals surface area contributed by atoms with Crippen molar-refractivity contribution in [1.29, 1.82) is 0 Å². The lowest BCUT2D eigenvalue weighted by Gasteiger charge is -2.08. The molecule has 9 heteroatoms. The molecule has 0 aliphatic carbocycles. The fraction of sp³-hybridized carbons (Fsp3) is 0.158. The van der Waals surface area contributed by atoms with Crippen molar-refractivity contribution < 1.29 is 23.9 Å². The lowest BCUT2D eigenvalue weighted by atomic mass is 10.2. The summed E-state index contributed by atoms with van der Waals surface area (Å²) >= 11 is 3.28. The summed E-state index contributed by atoms with van der Waals surface area (Å²) in [5.41, 5.74) is 1.22. The lowest BCUT2D eigenvalue weighted by molar-refractivity contribution is -0.139. The van der Waals surface area contributed by atoms with E-state index in [4.69, 9.17) is 0 Å². The molecule has 0 aliphatic rings. The highest BCUT2D eigenvalue weighted by Crippen LogP contribution is 2.12. The van der Waals surface area contributed by atoms with Crippen molar-refractivity contribution in [3.63, 3.8) is 0 Å².